The first-order chi connectivity index (χ1) is 8.58. The Bertz CT molecular complexity index is 485. The van der Waals surface area contributed by atoms with Crippen LogP contribution in [-0.4, -0.2) is 48.7 Å². The lowest BCUT2D eigenvalue weighted by molar-refractivity contribution is -0.137. The minimum absolute atomic E-state index is 0.340. The molecule has 0 atom stereocenters. The summed E-state index contributed by atoms with van der Waals surface area (Å²) < 4.78 is 10.7. The molecule has 1 heterocycles. The Balaban J connectivity index is 2.18. The molecular formula is C12H13NO5. The lowest BCUT2D eigenvalue weighted by Gasteiger charge is -2.20. The fourth-order valence-corrected chi connectivity index (χ4v) is 1.67. The zero-order chi connectivity index (χ0) is 13.1. The summed E-state index contributed by atoms with van der Waals surface area (Å²) in [5.41, 5.74) is 0.378. The number of carboxylic acid groups (broad SMARTS) is 1. The van der Waals surface area contributed by atoms with Gasteiger partial charge in [0, 0.05) is 12.6 Å². The molecule has 0 saturated heterocycles. The molecule has 0 radical (unpaired) electrons. The normalized spacial score (nSPS) is 12.9. The zero-order valence-electron chi connectivity index (χ0n) is 9.88. The van der Waals surface area contributed by atoms with E-state index >= 15 is 0 Å². The summed E-state index contributed by atoms with van der Waals surface area (Å²) in [7, 11) is 1.44. The van der Waals surface area contributed by atoms with Gasteiger partial charge in [0.25, 0.3) is 5.91 Å². The fraction of sp³-hybridized carbons (Fsp3) is 0.333. The molecule has 0 aromatic heterocycles. The van der Waals surface area contributed by atoms with Gasteiger partial charge in [0.15, 0.2) is 11.5 Å². The van der Waals surface area contributed by atoms with Gasteiger partial charge >= 0.3 is 5.97 Å². The zero-order valence-corrected chi connectivity index (χ0v) is 9.88. The third kappa shape index (κ3) is 2.53. The maximum absolute atomic E-state index is 11.9. The molecule has 0 fully saturated rings. The van der Waals surface area contributed by atoms with E-state index in [0.29, 0.717) is 30.3 Å². The van der Waals surface area contributed by atoms with Crippen molar-refractivity contribution in [1.29, 1.82) is 0 Å². The smallest absolute Gasteiger partial charge is 0.323 e. The van der Waals surface area contributed by atoms with Gasteiger partial charge in [0.1, 0.15) is 19.8 Å². The Kier molecular flexibility index (Phi) is 3.36. The van der Waals surface area contributed by atoms with Gasteiger partial charge in [0.2, 0.25) is 0 Å². The number of carbonyl (C=O) groups is 2. The molecule has 0 aliphatic carbocycles. The number of ether oxygens (including phenoxy) is 2. The van der Waals surface area contributed by atoms with Crippen molar-refractivity contribution in [3.63, 3.8) is 0 Å². The van der Waals surface area contributed by atoms with Crippen LogP contribution in [0, 0.1) is 0 Å². The SMILES string of the molecule is CN(CC(=O)O)C(=O)c1ccc2c(c1)OCCO2. The number of likely N-dealkylation sites (N-methyl/N-ethyl adjacent to an activating group) is 1. The Hall–Kier alpha value is -2.24. The summed E-state index contributed by atoms with van der Waals surface area (Å²) in [4.78, 5) is 23.6. The van der Waals surface area contributed by atoms with Crippen LogP contribution in [0.1, 0.15) is 10.4 Å². The highest BCUT2D eigenvalue weighted by atomic mass is 16.6. The summed E-state index contributed by atoms with van der Waals surface area (Å²) in [6.45, 7) is 0.585. The van der Waals surface area contributed by atoms with Crippen molar-refractivity contribution in [2.75, 3.05) is 26.8 Å². The molecule has 0 bridgehead atoms. The molecule has 6 nitrogen and oxygen atoms in total. The molecular weight excluding hydrogens is 238 g/mol. The van der Waals surface area contributed by atoms with E-state index < -0.39 is 5.97 Å². The Labute approximate surface area is 104 Å². The van der Waals surface area contributed by atoms with Crippen LogP contribution >= 0.6 is 0 Å². The van der Waals surface area contributed by atoms with Gasteiger partial charge in [-0.25, -0.2) is 0 Å². The molecule has 0 unspecified atom stereocenters. The molecule has 1 amide bonds. The second-order valence-electron chi connectivity index (χ2n) is 3.91. The standard InChI is InChI=1S/C12H13NO5/c1-13(7-11(14)15)12(16)8-2-3-9-10(6-8)18-5-4-17-9/h2-3,6H,4-5,7H2,1H3,(H,14,15). The predicted octanol–water partition coefficient (Wildman–Crippen LogP) is 0.614. The van der Waals surface area contributed by atoms with Gasteiger partial charge < -0.3 is 19.5 Å². The summed E-state index contributed by atoms with van der Waals surface area (Å²) in [6, 6.07) is 4.81. The van der Waals surface area contributed by atoms with Crippen molar-refractivity contribution in [3.8, 4) is 11.5 Å². The van der Waals surface area contributed by atoms with Gasteiger partial charge in [0.05, 0.1) is 0 Å². The van der Waals surface area contributed by atoms with E-state index in [4.69, 9.17) is 14.6 Å². The molecule has 96 valence electrons. The maximum Gasteiger partial charge on any atom is 0.323 e. The number of rotatable bonds is 3. The number of carbonyl (C=O) groups excluding carboxylic acids is 1. The van der Waals surface area contributed by atoms with Gasteiger partial charge in [-0.15, -0.1) is 0 Å². The van der Waals surface area contributed by atoms with Crippen molar-refractivity contribution < 1.29 is 24.2 Å². The molecule has 2 rings (SSSR count). The first-order valence-electron chi connectivity index (χ1n) is 5.45. The highest BCUT2D eigenvalue weighted by Crippen LogP contribution is 2.30. The van der Waals surface area contributed by atoms with Crippen molar-refractivity contribution in [2.24, 2.45) is 0 Å². The number of carboxylic acids is 1. The quantitative estimate of drug-likeness (QED) is 0.852. The van der Waals surface area contributed by atoms with E-state index in [2.05, 4.69) is 0 Å². The number of amides is 1. The van der Waals surface area contributed by atoms with Crippen LogP contribution in [0.25, 0.3) is 0 Å². The molecule has 1 aromatic carbocycles. The highest BCUT2D eigenvalue weighted by Gasteiger charge is 2.18. The lowest BCUT2D eigenvalue weighted by Crippen LogP contribution is -2.32. The van der Waals surface area contributed by atoms with Crippen molar-refractivity contribution in [3.05, 3.63) is 23.8 Å². The summed E-state index contributed by atoms with van der Waals surface area (Å²) in [5.74, 6) is -0.313. The van der Waals surface area contributed by atoms with Crippen LogP contribution in [0.2, 0.25) is 0 Å². The Morgan fingerprint density at radius 1 is 1.28 bits per heavy atom. The average molecular weight is 251 g/mol. The third-order valence-electron chi connectivity index (χ3n) is 2.51. The molecule has 0 saturated carbocycles. The topological polar surface area (TPSA) is 76.1 Å². The van der Waals surface area contributed by atoms with Crippen LogP contribution in [-0.2, 0) is 4.79 Å². The first-order valence-corrected chi connectivity index (χ1v) is 5.45. The minimum atomic E-state index is -1.05. The molecule has 1 N–H and O–H groups in total. The molecule has 1 aliphatic heterocycles. The molecule has 0 spiro atoms. The minimum Gasteiger partial charge on any atom is -0.486 e. The number of hydrogen-bond acceptors (Lipinski definition) is 4. The van der Waals surface area contributed by atoms with Crippen LogP contribution in [0.5, 0.6) is 11.5 Å². The number of benzene rings is 1. The Morgan fingerprint density at radius 3 is 2.61 bits per heavy atom. The van der Waals surface area contributed by atoms with Crippen LogP contribution in [0.4, 0.5) is 0 Å². The number of nitrogens with zero attached hydrogens (tertiary/aromatic N) is 1. The first kappa shape index (κ1) is 12.2. The van der Waals surface area contributed by atoms with Gasteiger partial charge in [-0.3, -0.25) is 9.59 Å². The second-order valence-corrected chi connectivity index (χ2v) is 3.91. The van der Waals surface area contributed by atoms with Crippen molar-refractivity contribution >= 4 is 11.9 Å². The van der Waals surface area contributed by atoms with Crippen LogP contribution < -0.4 is 9.47 Å². The van der Waals surface area contributed by atoms with Gasteiger partial charge in [-0.2, -0.15) is 0 Å². The summed E-state index contributed by atoms with van der Waals surface area (Å²) in [5, 5.41) is 8.63. The van der Waals surface area contributed by atoms with Crippen molar-refractivity contribution in [2.45, 2.75) is 0 Å². The van der Waals surface area contributed by atoms with E-state index in [1.54, 1.807) is 18.2 Å². The van der Waals surface area contributed by atoms with Crippen LogP contribution in [0.15, 0.2) is 18.2 Å². The second kappa shape index (κ2) is 4.95. The third-order valence-corrected chi connectivity index (χ3v) is 2.51. The average Bonchev–Trinajstić information content (AvgIpc) is 2.36. The largest absolute Gasteiger partial charge is 0.486 e. The predicted molar refractivity (Wildman–Crippen MR) is 62.0 cm³/mol. The lowest BCUT2D eigenvalue weighted by atomic mass is 10.1. The van der Waals surface area contributed by atoms with Gasteiger partial charge in [-0.1, -0.05) is 0 Å². The number of hydrogen-bond donors (Lipinski definition) is 1. The van der Waals surface area contributed by atoms with Crippen molar-refractivity contribution in [1.82, 2.24) is 4.90 Å². The number of aliphatic carboxylic acids is 1. The van der Waals surface area contributed by atoms with E-state index in [-0.39, 0.29) is 12.5 Å². The van der Waals surface area contributed by atoms with E-state index in [1.165, 1.54) is 7.05 Å². The Morgan fingerprint density at radius 2 is 1.94 bits per heavy atom. The summed E-state index contributed by atoms with van der Waals surface area (Å²) >= 11 is 0. The highest BCUT2D eigenvalue weighted by molar-refractivity contribution is 5.96. The fourth-order valence-electron chi connectivity index (χ4n) is 1.67. The molecule has 18 heavy (non-hydrogen) atoms. The van der Waals surface area contributed by atoms with E-state index in [9.17, 15) is 9.59 Å². The maximum atomic E-state index is 11.9. The monoisotopic (exact) mass is 251 g/mol. The van der Waals surface area contributed by atoms with E-state index in [0.717, 1.165) is 4.90 Å². The van der Waals surface area contributed by atoms with Gasteiger partial charge in [-0.05, 0) is 18.2 Å². The number of fused-ring (bicyclic) bond motifs is 1. The molecule has 1 aliphatic rings. The van der Waals surface area contributed by atoms with Crippen LogP contribution in [0.3, 0.4) is 0 Å². The molecule has 6 heteroatoms. The molecule has 1 aromatic rings. The van der Waals surface area contributed by atoms with E-state index in [1.807, 2.05) is 0 Å². The summed E-state index contributed by atoms with van der Waals surface area (Å²) in [6.07, 6.45) is 0.